The lowest BCUT2D eigenvalue weighted by atomic mass is 9.83. The van der Waals surface area contributed by atoms with E-state index >= 15 is 0 Å². The summed E-state index contributed by atoms with van der Waals surface area (Å²) in [7, 11) is 1.70. The molecule has 0 amide bonds. The molecular formula is C19H26N2O2. The zero-order valence-corrected chi connectivity index (χ0v) is 13.8. The number of piperidine rings is 1. The summed E-state index contributed by atoms with van der Waals surface area (Å²) in [5, 5.41) is 14.1. The number of pyridine rings is 1. The summed E-state index contributed by atoms with van der Waals surface area (Å²) in [6.45, 7) is 2.33. The van der Waals surface area contributed by atoms with Crippen LogP contribution in [-0.2, 0) is 6.42 Å². The largest absolute Gasteiger partial charge is 0.497 e. The Kier molecular flexibility index (Phi) is 5.47. The van der Waals surface area contributed by atoms with Crippen molar-refractivity contribution >= 4 is 10.9 Å². The molecule has 2 atom stereocenters. The Balaban J connectivity index is 1.67. The number of rotatable bonds is 6. The first-order chi connectivity index (χ1) is 11.3. The SMILES string of the molecule is COc1ccc2nccc(CCC[C@@H]3CCNC[C@@H]3CO)c2c1. The predicted octanol–water partition coefficient (Wildman–Crippen LogP) is 2.78. The summed E-state index contributed by atoms with van der Waals surface area (Å²) in [5.41, 5.74) is 2.36. The summed E-state index contributed by atoms with van der Waals surface area (Å²) < 4.78 is 5.34. The molecule has 0 unspecified atom stereocenters. The zero-order valence-electron chi connectivity index (χ0n) is 13.8. The Morgan fingerprint density at radius 2 is 2.22 bits per heavy atom. The van der Waals surface area contributed by atoms with Crippen LogP contribution in [0.2, 0.25) is 0 Å². The van der Waals surface area contributed by atoms with Crippen molar-refractivity contribution in [1.82, 2.24) is 10.3 Å². The number of aromatic nitrogens is 1. The number of aliphatic hydroxyl groups is 1. The standard InChI is InChI=1S/C19H26N2O2/c1-23-17-5-6-19-18(11-17)15(8-10-21-19)4-2-3-14-7-9-20-12-16(14)13-22/h5-6,8,10-11,14,16,20,22H,2-4,7,9,12-13H2,1H3/t14-,16-/m1/s1. The Bertz CT molecular complexity index is 644. The molecule has 4 nitrogen and oxygen atoms in total. The highest BCUT2D eigenvalue weighted by Gasteiger charge is 2.23. The molecule has 1 aliphatic rings. The lowest BCUT2D eigenvalue weighted by Crippen LogP contribution is -2.38. The Morgan fingerprint density at radius 3 is 3.04 bits per heavy atom. The Hall–Kier alpha value is -1.65. The average Bonchev–Trinajstić information content (AvgIpc) is 2.62. The van der Waals surface area contributed by atoms with E-state index in [4.69, 9.17) is 4.74 Å². The molecule has 4 heteroatoms. The molecule has 1 saturated heterocycles. The quantitative estimate of drug-likeness (QED) is 0.861. The minimum absolute atomic E-state index is 0.299. The maximum absolute atomic E-state index is 9.51. The normalized spacial score (nSPS) is 21.5. The van der Waals surface area contributed by atoms with Crippen LogP contribution in [0, 0.1) is 11.8 Å². The van der Waals surface area contributed by atoms with Gasteiger partial charge in [0.1, 0.15) is 5.75 Å². The lowest BCUT2D eigenvalue weighted by molar-refractivity contribution is 0.138. The third-order valence-electron chi connectivity index (χ3n) is 5.06. The molecule has 23 heavy (non-hydrogen) atoms. The van der Waals surface area contributed by atoms with Gasteiger partial charge in [0.15, 0.2) is 0 Å². The van der Waals surface area contributed by atoms with E-state index < -0.39 is 0 Å². The van der Waals surface area contributed by atoms with Crippen molar-refractivity contribution in [2.45, 2.75) is 25.7 Å². The number of nitrogens with one attached hydrogen (secondary N) is 1. The first-order valence-electron chi connectivity index (χ1n) is 8.55. The van der Waals surface area contributed by atoms with Crippen molar-refractivity contribution in [2.75, 3.05) is 26.8 Å². The van der Waals surface area contributed by atoms with Gasteiger partial charge in [-0.15, -0.1) is 0 Å². The van der Waals surface area contributed by atoms with Crippen LogP contribution in [0.3, 0.4) is 0 Å². The summed E-state index contributed by atoms with van der Waals surface area (Å²) in [6, 6.07) is 8.18. The molecule has 1 aromatic heterocycles. The molecule has 2 aromatic rings. The highest BCUT2D eigenvalue weighted by atomic mass is 16.5. The fourth-order valence-corrected chi connectivity index (χ4v) is 3.65. The van der Waals surface area contributed by atoms with Gasteiger partial charge in [-0.2, -0.15) is 0 Å². The zero-order chi connectivity index (χ0) is 16.1. The van der Waals surface area contributed by atoms with Gasteiger partial charge >= 0.3 is 0 Å². The topological polar surface area (TPSA) is 54.4 Å². The van der Waals surface area contributed by atoms with Crippen LogP contribution in [0.1, 0.15) is 24.8 Å². The summed E-state index contributed by atoms with van der Waals surface area (Å²) >= 11 is 0. The first kappa shape index (κ1) is 16.2. The molecule has 0 aliphatic carbocycles. The number of aryl methyl sites for hydroxylation is 1. The van der Waals surface area contributed by atoms with Crippen molar-refractivity contribution in [1.29, 1.82) is 0 Å². The van der Waals surface area contributed by atoms with E-state index in [2.05, 4.69) is 22.4 Å². The van der Waals surface area contributed by atoms with Crippen molar-refractivity contribution in [3.63, 3.8) is 0 Å². The minimum atomic E-state index is 0.299. The number of nitrogens with zero attached hydrogens (tertiary/aromatic N) is 1. The minimum Gasteiger partial charge on any atom is -0.497 e. The van der Waals surface area contributed by atoms with Gasteiger partial charge in [-0.3, -0.25) is 4.98 Å². The van der Waals surface area contributed by atoms with Gasteiger partial charge < -0.3 is 15.2 Å². The Labute approximate surface area is 137 Å². The molecule has 124 valence electrons. The molecule has 2 heterocycles. The monoisotopic (exact) mass is 314 g/mol. The van der Waals surface area contributed by atoms with Crippen LogP contribution < -0.4 is 10.1 Å². The molecule has 2 N–H and O–H groups in total. The van der Waals surface area contributed by atoms with Crippen LogP contribution in [0.15, 0.2) is 30.5 Å². The highest BCUT2D eigenvalue weighted by Crippen LogP contribution is 2.27. The number of hydrogen-bond donors (Lipinski definition) is 2. The van der Waals surface area contributed by atoms with Gasteiger partial charge in [-0.1, -0.05) is 0 Å². The van der Waals surface area contributed by atoms with E-state index in [0.717, 1.165) is 37.2 Å². The predicted molar refractivity (Wildman–Crippen MR) is 92.8 cm³/mol. The molecule has 0 saturated carbocycles. The van der Waals surface area contributed by atoms with Gasteiger partial charge in [0.2, 0.25) is 0 Å². The van der Waals surface area contributed by atoms with Gasteiger partial charge in [0, 0.05) is 24.7 Å². The number of fused-ring (bicyclic) bond motifs is 1. The van der Waals surface area contributed by atoms with Crippen molar-refractivity contribution in [2.24, 2.45) is 11.8 Å². The van der Waals surface area contributed by atoms with E-state index in [-0.39, 0.29) is 0 Å². The first-order valence-corrected chi connectivity index (χ1v) is 8.55. The third-order valence-corrected chi connectivity index (χ3v) is 5.06. The molecule has 1 aliphatic heterocycles. The Morgan fingerprint density at radius 1 is 1.30 bits per heavy atom. The summed E-state index contributed by atoms with van der Waals surface area (Å²) in [6.07, 6.45) is 6.45. The average molecular weight is 314 g/mol. The van der Waals surface area contributed by atoms with Gasteiger partial charge in [-0.25, -0.2) is 0 Å². The second-order valence-electron chi connectivity index (χ2n) is 6.44. The van der Waals surface area contributed by atoms with E-state index in [9.17, 15) is 5.11 Å². The second-order valence-corrected chi connectivity index (χ2v) is 6.44. The van der Waals surface area contributed by atoms with Crippen LogP contribution in [0.4, 0.5) is 0 Å². The van der Waals surface area contributed by atoms with Crippen LogP contribution in [0.25, 0.3) is 10.9 Å². The molecular weight excluding hydrogens is 288 g/mol. The molecule has 0 spiro atoms. The van der Waals surface area contributed by atoms with Crippen molar-refractivity contribution in [3.05, 3.63) is 36.0 Å². The summed E-state index contributed by atoms with van der Waals surface area (Å²) in [5.74, 6) is 1.94. The van der Waals surface area contributed by atoms with Gasteiger partial charge in [-0.05, 0) is 73.9 Å². The van der Waals surface area contributed by atoms with Gasteiger partial charge in [0.05, 0.1) is 12.6 Å². The third kappa shape index (κ3) is 3.82. The second kappa shape index (κ2) is 7.75. The number of hydrogen-bond acceptors (Lipinski definition) is 4. The van der Waals surface area contributed by atoms with Crippen LogP contribution in [-0.4, -0.2) is 36.9 Å². The molecule has 1 aromatic carbocycles. The lowest BCUT2D eigenvalue weighted by Gasteiger charge is -2.31. The van der Waals surface area contributed by atoms with Crippen molar-refractivity contribution < 1.29 is 9.84 Å². The molecule has 0 radical (unpaired) electrons. The number of methoxy groups -OCH3 is 1. The van der Waals surface area contributed by atoms with E-state index in [0.29, 0.717) is 18.4 Å². The number of ether oxygens (including phenoxy) is 1. The van der Waals surface area contributed by atoms with Gasteiger partial charge in [0.25, 0.3) is 0 Å². The molecule has 1 fully saturated rings. The van der Waals surface area contributed by atoms with Crippen LogP contribution >= 0.6 is 0 Å². The maximum atomic E-state index is 9.51. The fourth-order valence-electron chi connectivity index (χ4n) is 3.65. The van der Waals surface area contributed by atoms with E-state index in [1.807, 2.05) is 18.3 Å². The fraction of sp³-hybridized carbons (Fsp3) is 0.526. The number of benzene rings is 1. The molecule has 3 rings (SSSR count). The smallest absolute Gasteiger partial charge is 0.119 e. The van der Waals surface area contributed by atoms with E-state index in [1.165, 1.54) is 23.8 Å². The molecule has 0 bridgehead atoms. The van der Waals surface area contributed by atoms with Crippen LogP contribution in [0.5, 0.6) is 5.75 Å². The number of aliphatic hydroxyl groups excluding tert-OH is 1. The van der Waals surface area contributed by atoms with Crippen molar-refractivity contribution in [3.8, 4) is 5.75 Å². The highest BCUT2D eigenvalue weighted by molar-refractivity contribution is 5.83. The summed E-state index contributed by atoms with van der Waals surface area (Å²) in [4.78, 5) is 4.44. The maximum Gasteiger partial charge on any atom is 0.119 e. The van der Waals surface area contributed by atoms with E-state index in [1.54, 1.807) is 7.11 Å².